The first-order chi connectivity index (χ1) is 9.52. The molecule has 0 saturated carbocycles. The first kappa shape index (κ1) is 44.5. The van der Waals surface area contributed by atoms with E-state index in [0.717, 1.165) is 0 Å². The third kappa shape index (κ3) is 30.9. The van der Waals surface area contributed by atoms with E-state index in [0.29, 0.717) is 7.18 Å². The molecule has 0 fully saturated rings. The van der Waals surface area contributed by atoms with E-state index in [1.54, 1.807) is 0 Å². The van der Waals surface area contributed by atoms with Crippen molar-refractivity contribution in [2.24, 2.45) is 0 Å². The summed E-state index contributed by atoms with van der Waals surface area (Å²) in [6, 6.07) is 0. The highest BCUT2D eigenvalue weighted by Gasteiger charge is 2.53. The van der Waals surface area contributed by atoms with Crippen molar-refractivity contribution in [3.05, 3.63) is 0 Å². The summed E-state index contributed by atoms with van der Waals surface area (Å²) in [6.45, 7) is -3.99. The topological polar surface area (TPSA) is 18.5 Å². The van der Waals surface area contributed by atoms with Crippen LogP contribution in [-0.2, 0) is 9.47 Å². The highest BCUT2D eigenvalue weighted by molar-refractivity contribution is 4.69. The van der Waals surface area contributed by atoms with Crippen LogP contribution < -0.4 is 0 Å². The zero-order valence-electron chi connectivity index (χ0n) is 10.8. The average Bonchev–Trinajstić information content (AvgIpc) is 2.27. The molecule has 0 N–H and O–H groups in total. The van der Waals surface area contributed by atoms with Crippen LogP contribution in [0.25, 0.3) is 0 Å². The molecule has 0 heterocycles. The van der Waals surface area contributed by atoms with Gasteiger partial charge in [-0.05, 0) is 0 Å². The minimum Gasteiger partial charge on any atom is -0.307 e. The van der Waals surface area contributed by atoms with Gasteiger partial charge in [-0.3, -0.25) is 9.13 Å². The van der Waals surface area contributed by atoms with Crippen molar-refractivity contribution in [1.29, 1.82) is 0 Å². The van der Waals surface area contributed by atoms with Gasteiger partial charge in [0.1, 0.15) is 0 Å². The Morgan fingerprint density at radius 3 is 1.04 bits per heavy atom. The molecule has 0 rings (SSSR count). The molecule has 1 atom stereocenters. The van der Waals surface area contributed by atoms with E-state index in [1.807, 2.05) is 0 Å². The Morgan fingerprint density at radius 2 is 0.962 bits per heavy atom. The van der Waals surface area contributed by atoms with Gasteiger partial charge in [0.25, 0.3) is 0 Å². The maximum atomic E-state index is 12.0. The molecule has 0 aromatic carbocycles. The van der Waals surface area contributed by atoms with Gasteiger partial charge in [-0.25, -0.2) is 8.78 Å². The summed E-state index contributed by atoms with van der Waals surface area (Å²) in [5.74, 6) is -3.89. The van der Waals surface area contributed by atoms with Gasteiger partial charge >= 0.3 is 24.6 Å². The van der Waals surface area contributed by atoms with Crippen LogP contribution >= 0.6 is 0 Å². The summed E-state index contributed by atoms with van der Waals surface area (Å²) < 4.78 is 138. The van der Waals surface area contributed by atoms with Crippen molar-refractivity contribution in [3.63, 3.8) is 0 Å². The molecule has 0 aliphatic carbocycles. The van der Waals surface area contributed by atoms with Crippen molar-refractivity contribution < 1.29 is 62.2 Å². The Kier molecular flexibility index (Phi) is 29.9. The number of rotatable bonds is 3. The van der Waals surface area contributed by atoms with Crippen LogP contribution in [0.15, 0.2) is 0 Å². The molecule has 170 valence electrons. The number of hydrogen-bond acceptors (Lipinski definition) is 2. The van der Waals surface area contributed by atoms with Gasteiger partial charge in [0.2, 0.25) is 0 Å². The second-order valence-corrected chi connectivity index (χ2v) is 3.02. The highest BCUT2D eigenvalue weighted by Crippen LogP contribution is 2.34. The van der Waals surface area contributed by atoms with E-state index in [2.05, 4.69) is 9.47 Å². The average molecular weight is 430 g/mol. The normalized spacial score (nSPS) is 12.7. The fourth-order valence-corrected chi connectivity index (χ4v) is 0.348. The number of alkyl halides is 12. The molecule has 14 heteroatoms. The van der Waals surface area contributed by atoms with E-state index in [9.17, 15) is 52.7 Å². The summed E-state index contributed by atoms with van der Waals surface area (Å²) in [4.78, 5) is 0. The van der Waals surface area contributed by atoms with E-state index < -0.39 is 38.0 Å². The third-order valence-electron chi connectivity index (χ3n) is 1.23. The monoisotopic (exact) mass is 430 g/mol. The van der Waals surface area contributed by atoms with E-state index in [-0.39, 0.29) is 36.6 Å². The van der Waals surface area contributed by atoms with Crippen LogP contribution in [0.3, 0.4) is 0 Å². The van der Waals surface area contributed by atoms with Crippen LogP contribution in [0, 0.1) is 0 Å². The second-order valence-electron chi connectivity index (χ2n) is 3.02. The fourth-order valence-electron chi connectivity index (χ4n) is 0.348. The van der Waals surface area contributed by atoms with E-state index >= 15 is 0 Å². The number of hydrogen-bond donors (Lipinski definition) is 0. The van der Waals surface area contributed by atoms with Crippen molar-refractivity contribution in [2.75, 3.05) is 20.6 Å². The fraction of sp³-hybridized carbons (Fsp3) is 1.00. The first-order valence-electron chi connectivity index (χ1n) is 4.62. The van der Waals surface area contributed by atoms with Crippen LogP contribution in [-0.4, -0.2) is 45.2 Å². The molecule has 2 nitrogen and oxygen atoms in total. The lowest BCUT2D eigenvalue weighted by Crippen LogP contribution is -2.40. The zero-order chi connectivity index (χ0) is 18.8. The van der Waals surface area contributed by atoms with Gasteiger partial charge in [0.05, 0.1) is 7.18 Å². The van der Waals surface area contributed by atoms with Crippen LogP contribution in [0.4, 0.5) is 52.7 Å². The van der Waals surface area contributed by atoms with Crippen LogP contribution in [0.1, 0.15) is 36.6 Å². The molecule has 0 aromatic heterocycles. The van der Waals surface area contributed by atoms with Gasteiger partial charge in [-0.15, -0.1) is 13.2 Å². The Bertz CT molecular complexity index is 257. The molecule has 0 aliphatic rings. The molecular formula is C12H26F12O2. The summed E-state index contributed by atoms with van der Waals surface area (Å²) in [5.41, 5.74) is 0. The maximum Gasteiger partial charge on any atom is 0.522 e. The highest BCUT2D eigenvalue weighted by atomic mass is 19.4. The van der Waals surface area contributed by atoms with Crippen molar-refractivity contribution in [1.82, 2.24) is 0 Å². The lowest BCUT2D eigenvalue weighted by Gasteiger charge is -2.21. The Morgan fingerprint density at radius 1 is 0.654 bits per heavy atom. The van der Waals surface area contributed by atoms with Gasteiger partial charge in [0.15, 0.2) is 13.5 Å². The van der Waals surface area contributed by atoms with Crippen molar-refractivity contribution >= 4 is 0 Å². The molecule has 0 radical (unpaired) electrons. The molecule has 0 aromatic rings. The second kappa shape index (κ2) is 17.5. The zero-order valence-corrected chi connectivity index (χ0v) is 10.8. The van der Waals surface area contributed by atoms with Gasteiger partial charge in [-0.2, -0.15) is 26.3 Å². The largest absolute Gasteiger partial charge is 0.522 e. The predicted octanol–water partition coefficient (Wildman–Crippen LogP) is 7.39. The number of ether oxygens (including phenoxy) is 2. The van der Waals surface area contributed by atoms with Gasteiger partial charge < -0.3 is 4.74 Å². The standard InChI is InChI=1S/C4H5F5O.C3H2F6O.CH3F.4CH4/c1-3(6,10-2-5)4(7,8)9;4-2(5,6)1-10-3(7,8)9;1-2;;;;/h2H2,1H3;1H2;1H3;4*1H4. The van der Waals surface area contributed by atoms with Crippen LogP contribution in [0.5, 0.6) is 0 Å². The third-order valence-corrected chi connectivity index (χ3v) is 1.23. The Hall–Kier alpha value is -0.920. The lowest BCUT2D eigenvalue weighted by molar-refractivity contribution is -0.352. The molecule has 0 amide bonds. The minimum absolute atomic E-state index is 0. The molecular weight excluding hydrogens is 404 g/mol. The smallest absolute Gasteiger partial charge is 0.307 e. The van der Waals surface area contributed by atoms with Gasteiger partial charge in [0, 0.05) is 6.92 Å². The maximum absolute atomic E-state index is 12.0. The van der Waals surface area contributed by atoms with Crippen molar-refractivity contribution in [3.8, 4) is 0 Å². The SMILES string of the molecule is C.C.C.C.CC(F)(OCF)C(F)(F)F.CF.FC(F)(F)COC(F)(F)F. The molecule has 1 unspecified atom stereocenters. The molecule has 0 spiro atoms. The summed E-state index contributed by atoms with van der Waals surface area (Å²) in [6.07, 6.45) is -15.3. The Balaban J connectivity index is -0.0000000443. The number of halogens is 12. The predicted molar refractivity (Wildman–Crippen MR) is 74.6 cm³/mol. The molecule has 0 aliphatic heterocycles. The molecule has 26 heavy (non-hydrogen) atoms. The lowest BCUT2D eigenvalue weighted by atomic mass is 10.3. The quantitative estimate of drug-likeness (QED) is 0.435. The summed E-state index contributed by atoms with van der Waals surface area (Å²) >= 11 is 0. The van der Waals surface area contributed by atoms with E-state index in [1.165, 1.54) is 0 Å². The summed E-state index contributed by atoms with van der Waals surface area (Å²) in [5, 5.41) is 0. The molecule has 0 saturated heterocycles. The molecule has 0 bridgehead atoms. The van der Waals surface area contributed by atoms with E-state index in [4.69, 9.17) is 0 Å². The van der Waals surface area contributed by atoms with Gasteiger partial charge in [-0.1, -0.05) is 29.7 Å². The summed E-state index contributed by atoms with van der Waals surface area (Å²) in [7, 11) is 0.500. The van der Waals surface area contributed by atoms with Crippen molar-refractivity contribution in [2.45, 2.75) is 61.2 Å². The minimum atomic E-state index is -5.21. The first-order valence-corrected chi connectivity index (χ1v) is 4.62. The Labute approximate surface area is 145 Å². The van der Waals surface area contributed by atoms with Crippen LogP contribution in [0.2, 0.25) is 0 Å².